The molecule has 132 valence electrons. The highest BCUT2D eigenvalue weighted by Crippen LogP contribution is 2.30. The number of aromatic nitrogens is 1. The fourth-order valence-electron chi connectivity index (χ4n) is 3.53. The molecule has 1 aliphatic carbocycles. The third kappa shape index (κ3) is 3.37. The van der Waals surface area contributed by atoms with Crippen LogP contribution in [0.5, 0.6) is 0 Å². The maximum Gasteiger partial charge on any atom is 0.338 e. The molecule has 0 spiro atoms. The summed E-state index contributed by atoms with van der Waals surface area (Å²) in [6.07, 6.45) is 2.42. The number of aryl methyl sites for hydroxylation is 1. The zero-order chi connectivity index (χ0) is 18.0. The number of ketones is 1. The summed E-state index contributed by atoms with van der Waals surface area (Å²) in [5, 5.41) is 10.2. The lowest BCUT2D eigenvalue weighted by Gasteiger charge is -2.19. The van der Waals surface area contributed by atoms with Crippen molar-refractivity contribution in [1.29, 1.82) is 0 Å². The van der Waals surface area contributed by atoms with E-state index < -0.39 is 11.6 Å². The van der Waals surface area contributed by atoms with Gasteiger partial charge in [0.25, 0.3) is 0 Å². The minimum absolute atomic E-state index is 0.259. The fraction of sp³-hybridized carbons (Fsp3) is 0.400. The van der Waals surface area contributed by atoms with Gasteiger partial charge in [-0.3, -0.25) is 4.79 Å². The summed E-state index contributed by atoms with van der Waals surface area (Å²) in [6.45, 7) is 3.46. The minimum Gasteiger partial charge on any atom is -0.455 e. The molecule has 1 fully saturated rings. The van der Waals surface area contributed by atoms with Gasteiger partial charge in [-0.1, -0.05) is 18.2 Å². The molecule has 0 unspecified atom stereocenters. The Hall–Kier alpha value is -2.40. The van der Waals surface area contributed by atoms with Gasteiger partial charge in [0.1, 0.15) is 0 Å². The molecule has 1 saturated carbocycles. The van der Waals surface area contributed by atoms with Crippen molar-refractivity contribution in [2.75, 3.05) is 6.61 Å². The molecule has 1 aliphatic rings. The van der Waals surface area contributed by atoms with Gasteiger partial charge in [0, 0.05) is 22.6 Å². The zero-order valence-corrected chi connectivity index (χ0v) is 14.6. The number of para-hydroxylation sites is 1. The average molecular weight is 341 g/mol. The van der Waals surface area contributed by atoms with Gasteiger partial charge >= 0.3 is 5.97 Å². The van der Waals surface area contributed by atoms with Gasteiger partial charge in [-0.05, 0) is 57.7 Å². The molecule has 1 aromatic carbocycles. The number of esters is 1. The molecule has 0 aliphatic heterocycles. The maximum atomic E-state index is 12.5. The predicted octanol–water partition coefficient (Wildman–Crippen LogP) is 3.13. The predicted molar refractivity (Wildman–Crippen MR) is 94.0 cm³/mol. The van der Waals surface area contributed by atoms with Crippen molar-refractivity contribution >= 4 is 11.8 Å². The van der Waals surface area contributed by atoms with Gasteiger partial charge < -0.3 is 14.4 Å². The first kappa shape index (κ1) is 17.4. The smallest absolute Gasteiger partial charge is 0.338 e. The fourth-order valence-corrected chi connectivity index (χ4v) is 3.53. The molecule has 1 N–H and O–H groups in total. The van der Waals surface area contributed by atoms with Gasteiger partial charge in [-0.15, -0.1) is 0 Å². The Morgan fingerprint density at radius 2 is 1.80 bits per heavy atom. The van der Waals surface area contributed by atoms with Crippen LogP contribution in [0.2, 0.25) is 0 Å². The van der Waals surface area contributed by atoms with Gasteiger partial charge in [0.15, 0.2) is 12.2 Å². The van der Waals surface area contributed by atoms with E-state index in [-0.39, 0.29) is 12.4 Å². The number of carbonyl (C=O) groups is 2. The summed E-state index contributed by atoms with van der Waals surface area (Å²) < 4.78 is 7.11. The molecular formula is C20H23NO4. The molecule has 0 saturated heterocycles. The lowest BCUT2D eigenvalue weighted by molar-refractivity contribution is -0.163. The van der Waals surface area contributed by atoms with Crippen molar-refractivity contribution in [2.24, 2.45) is 0 Å². The number of ether oxygens (including phenoxy) is 1. The molecule has 3 rings (SSSR count). The monoisotopic (exact) mass is 341 g/mol. The van der Waals surface area contributed by atoms with Crippen molar-refractivity contribution < 1.29 is 19.4 Å². The second-order valence-electron chi connectivity index (χ2n) is 6.69. The van der Waals surface area contributed by atoms with Crippen molar-refractivity contribution in [3.05, 3.63) is 53.3 Å². The van der Waals surface area contributed by atoms with Crippen LogP contribution in [0.1, 0.15) is 47.4 Å². The highest BCUT2D eigenvalue weighted by molar-refractivity contribution is 5.99. The first-order valence-electron chi connectivity index (χ1n) is 8.59. The number of hydrogen-bond acceptors (Lipinski definition) is 4. The summed E-state index contributed by atoms with van der Waals surface area (Å²) in [5.41, 5.74) is 1.85. The van der Waals surface area contributed by atoms with E-state index in [2.05, 4.69) is 0 Å². The van der Waals surface area contributed by atoms with Crippen LogP contribution in [-0.4, -0.2) is 33.6 Å². The highest BCUT2D eigenvalue weighted by atomic mass is 16.6. The summed E-state index contributed by atoms with van der Waals surface area (Å²) in [7, 11) is 0. The molecular weight excluding hydrogens is 318 g/mol. The Kier molecular flexibility index (Phi) is 4.77. The lowest BCUT2D eigenvalue weighted by Crippen LogP contribution is -2.38. The normalized spacial score (nSPS) is 16.0. The van der Waals surface area contributed by atoms with Gasteiger partial charge in [0.05, 0.1) is 0 Å². The second-order valence-corrected chi connectivity index (χ2v) is 6.69. The Balaban J connectivity index is 1.74. The minimum atomic E-state index is -1.42. The Labute approximate surface area is 147 Å². The van der Waals surface area contributed by atoms with Crippen molar-refractivity contribution in [3.63, 3.8) is 0 Å². The number of hydrogen-bond donors (Lipinski definition) is 1. The van der Waals surface area contributed by atoms with E-state index in [1.807, 2.05) is 54.8 Å². The molecule has 1 heterocycles. The van der Waals surface area contributed by atoms with E-state index in [1.54, 1.807) is 0 Å². The number of Topliss-reactive ketones (excluding diaryl/α,β-unsaturated/α-hetero) is 1. The zero-order valence-electron chi connectivity index (χ0n) is 14.6. The van der Waals surface area contributed by atoms with E-state index in [4.69, 9.17) is 4.74 Å². The molecule has 0 amide bonds. The van der Waals surface area contributed by atoms with Gasteiger partial charge in [-0.2, -0.15) is 0 Å². The number of aliphatic hydroxyl groups is 1. The van der Waals surface area contributed by atoms with Crippen LogP contribution >= 0.6 is 0 Å². The van der Waals surface area contributed by atoms with E-state index >= 15 is 0 Å². The first-order chi connectivity index (χ1) is 11.9. The number of carbonyl (C=O) groups excluding carboxylic acids is 2. The second kappa shape index (κ2) is 6.84. The molecule has 5 heteroatoms. The summed E-state index contributed by atoms with van der Waals surface area (Å²) in [5.74, 6) is -0.944. The van der Waals surface area contributed by atoms with Crippen LogP contribution in [0.4, 0.5) is 0 Å². The van der Waals surface area contributed by atoms with Crippen molar-refractivity contribution in [3.8, 4) is 5.69 Å². The molecule has 0 bridgehead atoms. The number of nitrogens with zero attached hydrogens (tertiary/aromatic N) is 1. The third-order valence-corrected chi connectivity index (χ3v) is 4.89. The largest absolute Gasteiger partial charge is 0.455 e. The Morgan fingerprint density at radius 3 is 2.44 bits per heavy atom. The molecule has 0 radical (unpaired) electrons. The Morgan fingerprint density at radius 1 is 1.16 bits per heavy atom. The number of benzene rings is 1. The van der Waals surface area contributed by atoms with Gasteiger partial charge in [0.2, 0.25) is 5.78 Å². The third-order valence-electron chi connectivity index (χ3n) is 4.89. The lowest BCUT2D eigenvalue weighted by atomic mass is 10.0. The quantitative estimate of drug-likeness (QED) is 0.670. The molecule has 0 atom stereocenters. The van der Waals surface area contributed by atoms with E-state index in [0.29, 0.717) is 18.4 Å². The van der Waals surface area contributed by atoms with E-state index in [0.717, 1.165) is 29.9 Å². The molecule has 5 nitrogen and oxygen atoms in total. The molecule has 1 aromatic heterocycles. The summed E-state index contributed by atoms with van der Waals surface area (Å²) in [4.78, 5) is 24.6. The maximum absolute atomic E-state index is 12.5. The summed E-state index contributed by atoms with van der Waals surface area (Å²) >= 11 is 0. The van der Waals surface area contributed by atoms with Crippen LogP contribution in [0.25, 0.3) is 5.69 Å². The van der Waals surface area contributed by atoms with Crippen LogP contribution < -0.4 is 0 Å². The highest BCUT2D eigenvalue weighted by Gasteiger charge is 2.40. The standard InChI is InChI=1S/C20H23NO4/c1-14-12-17(15(2)21(14)16-8-4-3-5-9-16)18(22)13-25-19(23)20(24)10-6-7-11-20/h3-5,8-9,12,24H,6-7,10-11,13H2,1-2H3. The van der Waals surface area contributed by atoms with Crippen molar-refractivity contribution in [1.82, 2.24) is 4.57 Å². The topological polar surface area (TPSA) is 68.5 Å². The van der Waals surface area contributed by atoms with Gasteiger partial charge in [-0.25, -0.2) is 4.79 Å². The van der Waals surface area contributed by atoms with Crippen LogP contribution in [0, 0.1) is 13.8 Å². The first-order valence-corrected chi connectivity index (χ1v) is 8.59. The van der Waals surface area contributed by atoms with Crippen molar-refractivity contribution in [2.45, 2.75) is 45.1 Å². The average Bonchev–Trinajstić information content (AvgIpc) is 3.17. The van der Waals surface area contributed by atoms with E-state index in [9.17, 15) is 14.7 Å². The van der Waals surface area contributed by atoms with Crippen LogP contribution in [-0.2, 0) is 9.53 Å². The molecule has 2 aromatic rings. The summed E-state index contributed by atoms with van der Waals surface area (Å²) in [6, 6.07) is 11.6. The number of rotatable bonds is 5. The van der Waals surface area contributed by atoms with Crippen LogP contribution in [0.3, 0.4) is 0 Å². The van der Waals surface area contributed by atoms with Crippen LogP contribution in [0.15, 0.2) is 36.4 Å². The molecule has 25 heavy (non-hydrogen) atoms. The Bertz CT molecular complexity index is 786. The van der Waals surface area contributed by atoms with E-state index in [1.165, 1.54) is 0 Å². The SMILES string of the molecule is Cc1cc(C(=O)COC(=O)C2(O)CCCC2)c(C)n1-c1ccccc1.